The molecule has 0 amide bonds. The topological polar surface area (TPSA) is 128 Å². The molecule has 0 fully saturated rings. The van der Waals surface area contributed by atoms with Crippen molar-refractivity contribution in [2.24, 2.45) is 0 Å². The van der Waals surface area contributed by atoms with Crippen molar-refractivity contribution in [2.45, 2.75) is 57.2 Å². The number of carbonyl (C=O) groups is 1. The molecular weight excluding hydrogens is 446 g/mol. The van der Waals surface area contributed by atoms with Crippen molar-refractivity contribution in [2.75, 3.05) is 26.8 Å². The van der Waals surface area contributed by atoms with Crippen LogP contribution in [0.3, 0.4) is 0 Å². The number of hydrogen-bond acceptors (Lipinski definition) is 6. The zero-order valence-corrected chi connectivity index (χ0v) is 20.3. The van der Waals surface area contributed by atoms with Gasteiger partial charge in [-0.05, 0) is 49.3 Å². The molecule has 0 spiro atoms. The first-order valence-electron chi connectivity index (χ1n) is 12.1. The lowest BCUT2D eigenvalue weighted by Gasteiger charge is -2.19. The molecule has 0 aliphatic heterocycles. The molecule has 1 heterocycles. The summed E-state index contributed by atoms with van der Waals surface area (Å²) in [6, 6.07) is 12.0. The normalized spacial score (nSPS) is 14.8. The van der Waals surface area contributed by atoms with Crippen molar-refractivity contribution in [3.8, 4) is 6.07 Å². The minimum Gasteiger partial charge on any atom is -0.494 e. The number of ether oxygens (including phenoxy) is 2. The first-order valence-corrected chi connectivity index (χ1v) is 12.1. The van der Waals surface area contributed by atoms with E-state index in [2.05, 4.69) is 28.5 Å². The SMILES string of the molecule is COC(CCc1cccc(CCC(=O)O)c1)CNCC(O)COC1=c2cc(C#N)[nH]c2=CCCC1. The summed E-state index contributed by atoms with van der Waals surface area (Å²) >= 11 is 0. The van der Waals surface area contributed by atoms with Crippen LogP contribution in [-0.2, 0) is 27.1 Å². The number of nitriles is 1. The van der Waals surface area contributed by atoms with E-state index in [0.29, 0.717) is 25.2 Å². The lowest BCUT2D eigenvalue weighted by molar-refractivity contribution is -0.136. The van der Waals surface area contributed by atoms with Gasteiger partial charge in [0, 0.05) is 43.6 Å². The van der Waals surface area contributed by atoms with Crippen LogP contribution in [0.25, 0.3) is 11.8 Å². The van der Waals surface area contributed by atoms with Gasteiger partial charge < -0.3 is 30.0 Å². The van der Waals surface area contributed by atoms with Crippen molar-refractivity contribution in [3.05, 3.63) is 57.7 Å². The van der Waals surface area contributed by atoms with E-state index < -0.39 is 12.1 Å². The van der Waals surface area contributed by atoms with Crippen molar-refractivity contribution < 1.29 is 24.5 Å². The molecule has 2 atom stereocenters. The summed E-state index contributed by atoms with van der Waals surface area (Å²) in [5, 5.41) is 33.5. The summed E-state index contributed by atoms with van der Waals surface area (Å²) in [6.45, 7) is 1.16. The highest BCUT2D eigenvalue weighted by Crippen LogP contribution is 2.13. The maximum Gasteiger partial charge on any atom is 0.303 e. The molecule has 1 aromatic carbocycles. The number of carboxylic acids is 1. The molecular formula is C27H35N3O5. The monoisotopic (exact) mass is 481 g/mol. The number of rotatable bonds is 14. The maximum atomic E-state index is 10.8. The summed E-state index contributed by atoms with van der Waals surface area (Å²) < 4.78 is 11.5. The van der Waals surface area contributed by atoms with E-state index in [1.165, 1.54) is 0 Å². The van der Waals surface area contributed by atoms with Crippen LogP contribution in [0.1, 0.15) is 48.9 Å². The van der Waals surface area contributed by atoms with Crippen LogP contribution < -0.4 is 15.9 Å². The predicted octanol–water partition coefficient (Wildman–Crippen LogP) is 1.59. The third kappa shape index (κ3) is 8.55. The zero-order valence-electron chi connectivity index (χ0n) is 20.3. The molecule has 1 aliphatic rings. The minimum atomic E-state index is -0.790. The van der Waals surface area contributed by atoms with Crippen LogP contribution in [0.15, 0.2) is 30.3 Å². The highest BCUT2D eigenvalue weighted by atomic mass is 16.5. The third-order valence-corrected chi connectivity index (χ3v) is 6.13. The Labute approximate surface area is 205 Å². The number of nitrogens with zero attached hydrogens (tertiary/aromatic N) is 1. The van der Waals surface area contributed by atoms with E-state index in [1.807, 2.05) is 24.3 Å². The van der Waals surface area contributed by atoms with Crippen LogP contribution in [0.4, 0.5) is 0 Å². The molecule has 2 unspecified atom stereocenters. The number of aliphatic carboxylic acids is 1. The van der Waals surface area contributed by atoms with Crippen LogP contribution in [0.2, 0.25) is 0 Å². The standard InChI is InChI=1S/C27H35N3O5/c1-34-23(11-9-19-5-4-6-20(13-19)10-12-27(32)33)17-29-16-22(31)18-35-26-8-3-2-7-25-24(26)14-21(15-28)30-25/h4-7,13-14,22-23,29-31H,2-3,8-12,16-18H2,1H3,(H,32,33). The molecule has 0 saturated heterocycles. The van der Waals surface area contributed by atoms with Gasteiger partial charge in [-0.3, -0.25) is 4.79 Å². The molecule has 4 N–H and O–H groups in total. The Kier molecular flexibility index (Phi) is 10.4. The first kappa shape index (κ1) is 26.5. The number of aromatic amines is 1. The fraction of sp³-hybridized carbons (Fsp3) is 0.481. The van der Waals surface area contributed by atoms with E-state index in [9.17, 15) is 9.90 Å². The zero-order chi connectivity index (χ0) is 25.0. The molecule has 3 rings (SSSR count). The molecule has 8 heteroatoms. The highest BCUT2D eigenvalue weighted by molar-refractivity contribution is 5.67. The summed E-state index contributed by atoms with van der Waals surface area (Å²) in [5.74, 6) is 0.0214. The summed E-state index contributed by atoms with van der Waals surface area (Å²) in [7, 11) is 1.68. The predicted molar refractivity (Wildman–Crippen MR) is 133 cm³/mol. The average Bonchev–Trinajstić information content (AvgIpc) is 3.18. The molecule has 2 aromatic rings. The second-order valence-electron chi connectivity index (χ2n) is 8.87. The van der Waals surface area contributed by atoms with Gasteiger partial charge in [0.2, 0.25) is 0 Å². The van der Waals surface area contributed by atoms with E-state index in [0.717, 1.165) is 59.6 Å². The van der Waals surface area contributed by atoms with Gasteiger partial charge in [0.25, 0.3) is 0 Å². The van der Waals surface area contributed by atoms with Crippen molar-refractivity contribution in [1.29, 1.82) is 5.26 Å². The van der Waals surface area contributed by atoms with Gasteiger partial charge in [-0.15, -0.1) is 0 Å². The number of nitrogens with one attached hydrogen (secondary N) is 2. The number of carboxylic acid groups (broad SMARTS) is 1. The molecule has 0 saturated carbocycles. The van der Waals surface area contributed by atoms with Gasteiger partial charge in [0.05, 0.1) is 6.10 Å². The molecule has 188 valence electrons. The Balaban J connectivity index is 1.42. The number of methoxy groups -OCH3 is 1. The van der Waals surface area contributed by atoms with Gasteiger partial charge in [0.15, 0.2) is 0 Å². The fourth-order valence-corrected chi connectivity index (χ4v) is 4.21. The number of aromatic nitrogens is 1. The first-order chi connectivity index (χ1) is 17.0. The Morgan fingerprint density at radius 1 is 1.26 bits per heavy atom. The van der Waals surface area contributed by atoms with Crippen molar-refractivity contribution >= 4 is 17.8 Å². The van der Waals surface area contributed by atoms with Crippen LogP contribution in [-0.4, -0.2) is 60.2 Å². The number of aryl methyl sites for hydroxylation is 2. The van der Waals surface area contributed by atoms with Gasteiger partial charge in [-0.1, -0.05) is 30.3 Å². The van der Waals surface area contributed by atoms with Crippen molar-refractivity contribution in [3.63, 3.8) is 0 Å². The van der Waals surface area contributed by atoms with Gasteiger partial charge in [-0.2, -0.15) is 5.26 Å². The number of hydrogen-bond donors (Lipinski definition) is 4. The number of H-pyrrole nitrogens is 1. The highest BCUT2D eigenvalue weighted by Gasteiger charge is 2.13. The maximum absolute atomic E-state index is 10.8. The molecule has 0 bridgehead atoms. The molecule has 0 radical (unpaired) electrons. The Hall–Kier alpha value is -3.12. The minimum absolute atomic E-state index is 0.00983. The lowest BCUT2D eigenvalue weighted by atomic mass is 10.0. The van der Waals surface area contributed by atoms with E-state index in [-0.39, 0.29) is 19.1 Å². The second-order valence-corrected chi connectivity index (χ2v) is 8.87. The summed E-state index contributed by atoms with van der Waals surface area (Å²) in [5.41, 5.74) is 2.69. The summed E-state index contributed by atoms with van der Waals surface area (Å²) in [6.07, 6.45) is 6.35. The Bertz CT molecular complexity index is 1130. The van der Waals surface area contributed by atoms with Crippen molar-refractivity contribution in [1.82, 2.24) is 10.3 Å². The van der Waals surface area contributed by atoms with Gasteiger partial charge >= 0.3 is 5.97 Å². The smallest absolute Gasteiger partial charge is 0.303 e. The third-order valence-electron chi connectivity index (χ3n) is 6.13. The number of benzene rings is 1. The van der Waals surface area contributed by atoms with E-state index in [4.69, 9.17) is 19.8 Å². The molecule has 35 heavy (non-hydrogen) atoms. The molecule has 1 aliphatic carbocycles. The Morgan fingerprint density at radius 3 is 2.80 bits per heavy atom. The number of aliphatic hydroxyl groups is 1. The van der Waals surface area contributed by atoms with Crippen LogP contribution in [0, 0.1) is 11.3 Å². The largest absolute Gasteiger partial charge is 0.494 e. The lowest BCUT2D eigenvalue weighted by Crippen LogP contribution is -2.36. The quantitative estimate of drug-likeness (QED) is 0.323. The summed E-state index contributed by atoms with van der Waals surface area (Å²) in [4.78, 5) is 13.9. The Morgan fingerprint density at radius 2 is 2.06 bits per heavy atom. The van der Waals surface area contributed by atoms with E-state index >= 15 is 0 Å². The average molecular weight is 482 g/mol. The van der Waals surface area contributed by atoms with Gasteiger partial charge in [0.1, 0.15) is 30.2 Å². The molecule has 1 aromatic heterocycles. The number of aliphatic hydroxyl groups excluding tert-OH is 1. The van der Waals surface area contributed by atoms with Crippen LogP contribution >= 0.6 is 0 Å². The second kappa shape index (κ2) is 13.7. The van der Waals surface area contributed by atoms with Crippen LogP contribution in [0.5, 0.6) is 0 Å². The molecule has 8 nitrogen and oxygen atoms in total. The fourth-order valence-electron chi connectivity index (χ4n) is 4.21. The van der Waals surface area contributed by atoms with Gasteiger partial charge in [-0.25, -0.2) is 0 Å². The van der Waals surface area contributed by atoms with E-state index in [1.54, 1.807) is 7.11 Å². The number of fused-ring (bicyclic) bond motifs is 1.